The van der Waals surface area contributed by atoms with Gasteiger partial charge in [-0.3, -0.25) is 0 Å². The highest BCUT2D eigenvalue weighted by Gasteiger charge is 2.15. The molecule has 0 aliphatic rings. The zero-order valence-electron chi connectivity index (χ0n) is 11.4. The zero-order chi connectivity index (χ0) is 14.8. The Labute approximate surface area is 118 Å². The van der Waals surface area contributed by atoms with Gasteiger partial charge in [0.25, 0.3) is 0 Å². The Hall–Kier alpha value is -1.63. The fourth-order valence-corrected chi connectivity index (χ4v) is 2.62. The molecule has 0 amide bonds. The lowest BCUT2D eigenvalue weighted by Gasteiger charge is -2.19. The summed E-state index contributed by atoms with van der Waals surface area (Å²) in [7, 11) is -3.68. The van der Waals surface area contributed by atoms with Crippen LogP contribution in [0.3, 0.4) is 0 Å². The van der Waals surface area contributed by atoms with Crippen molar-refractivity contribution in [3.05, 3.63) is 54.0 Å². The van der Waals surface area contributed by atoms with Gasteiger partial charge in [-0.1, -0.05) is 12.1 Å². The number of hydrogen-bond acceptors (Lipinski definition) is 4. The molecule has 1 heterocycles. The summed E-state index contributed by atoms with van der Waals surface area (Å²) in [6, 6.07) is 10.3. The standard InChI is InChI=1S/C14H18N2O3S/c1-10(16-11(2)14-7-4-8-19-14)12-5-3-6-13(9-12)20(15,17)18/h3-11,16H,1-2H3,(H2,15,17,18)/t10?,11-/m1/s1. The van der Waals surface area contributed by atoms with E-state index < -0.39 is 10.0 Å². The van der Waals surface area contributed by atoms with Gasteiger partial charge in [0.05, 0.1) is 17.2 Å². The van der Waals surface area contributed by atoms with E-state index >= 15 is 0 Å². The van der Waals surface area contributed by atoms with Gasteiger partial charge in [0.15, 0.2) is 0 Å². The molecule has 0 radical (unpaired) electrons. The molecule has 0 aliphatic heterocycles. The Balaban J connectivity index is 2.15. The molecular weight excluding hydrogens is 276 g/mol. The summed E-state index contributed by atoms with van der Waals surface area (Å²) >= 11 is 0. The Morgan fingerprint density at radius 3 is 2.50 bits per heavy atom. The van der Waals surface area contributed by atoms with Gasteiger partial charge < -0.3 is 9.73 Å². The molecule has 2 atom stereocenters. The predicted molar refractivity (Wildman–Crippen MR) is 76.5 cm³/mol. The summed E-state index contributed by atoms with van der Waals surface area (Å²) in [5.41, 5.74) is 0.856. The predicted octanol–water partition coefficient (Wildman–Crippen LogP) is 2.34. The molecule has 108 valence electrons. The molecule has 0 spiro atoms. The Bertz CT molecular complexity index is 665. The van der Waals surface area contributed by atoms with Crippen LogP contribution in [0.1, 0.15) is 37.3 Å². The maximum Gasteiger partial charge on any atom is 0.238 e. The van der Waals surface area contributed by atoms with Crippen LogP contribution in [0.2, 0.25) is 0 Å². The van der Waals surface area contributed by atoms with Crippen LogP contribution < -0.4 is 10.5 Å². The van der Waals surface area contributed by atoms with Crippen molar-refractivity contribution in [3.63, 3.8) is 0 Å². The Kier molecular flexibility index (Phi) is 4.27. The second kappa shape index (κ2) is 5.78. The van der Waals surface area contributed by atoms with E-state index in [1.807, 2.05) is 32.0 Å². The highest BCUT2D eigenvalue weighted by Crippen LogP contribution is 2.21. The summed E-state index contributed by atoms with van der Waals surface area (Å²) in [5, 5.41) is 8.49. The highest BCUT2D eigenvalue weighted by atomic mass is 32.2. The second-order valence-electron chi connectivity index (χ2n) is 4.74. The van der Waals surface area contributed by atoms with E-state index in [1.54, 1.807) is 18.4 Å². The van der Waals surface area contributed by atoms with Gasteiger partial charge in [-0.25, -0.2) is 13.6 Å². The van der Waals surface area contributed by atoms with Crippen molar-refractivity contribution in [1.29, 1.82) is 0 Å². The molecule has 0 bridgehead atoms. The SMILES string of the molecule is CC(N[C@H](C)c1ccco1)c1cccc(S(N)(=O)=O)c1. The molecule has 3 N–H and O–H groups in total. The maximum atomic E-state index is 11.4. The van der Waals surface area contributed by atoms with Crippen molar-refractivity contribution in [2.45, 2.75) is 30.8 Å². The summed E-state index contributed by atoms with van der Waals surface area (Å²) in [6.45, 7) is 3.94. The molecule has 2 aromatic rings. The number of nitrogens with two attached hydrogens (primary N) is 1. The molecule has 1 unspecified atom stereocenters. The number of furan rings is 1. The lowest BCUT2D eigenvalue weighted by Crippen LogP contribution is -2.22. The Morgan fingerprint density at radius 2 is 1.90 bits per heavy atom. The van der Waals surface area contributed by atoms with Crippen LogP contribution in [-0.2, 0) is 10.0 Å². The first-order valence-corrected chi connectivity index (χ1v) is 7.85. The molecule has 6 heteroatoms. The first kappa shape index (κ1) is 14.8. The monoisotopic (exact) mass is 294 g/mol. The van der Waals surface area contributed by atoms with E-state index in [1.165, 1.54) is 6.07 Å². The van der Waals surface area contributed by atoms with Crippen LogP contribution in [0.5, 0.6) is 0 Å². The van der Waals surface area contributed by atoms with E-state index in [4.69, 9.17) is 9.56 Å². The largest absolute Gasteiger partial charge is 0.468 e. The van der Waals surface area contributed by atoms with Crippen LogP contribution in [0.4, 0.5) is 0 Å². The van der Waals surface area contributed by atoms with Crippen LogP contribution >= 0.6 is 0 Å². The molecule has 1 aromatic heterocycles. The van der Waals surface area contributed by atoms with E-state index in [-0.39, 0.29) is 17.0 Å². The smallest absolute Gasteiger partial charge is 0.238 e. The van der Waals surface area contributed by atoms with E-state index in [2.05, 4.69) is 5.32 Å². The van der Waals surface area contributed by atoms with Crippen LogP contribution in [0.15, 0.2) is 52.0 Å². The summed E-state index contributed by atoms with van der Waals surface area (Å²) in [6.07, 6.45) is 1.62. The van der Waals surface area contributed by atoms with Crippen LogP contribution in [0, 0.1) is 0 Å². The van der Waals surface area contributed by atoms with Gasteiger partial charge in [0.1, 0.15) is 5.76 Å². The topological polar surface area (TPSA) is 85.3 Å². The zero-order valence-corrected chi connectivity index (χ0v) is 12.2. The van der Waals surface area contributed by atoms with Gasteiger partial charge in [-0.2, -0.15) is 0 Å². The van der Waals surface area contributed by atoms with E-state index in [0.29, 0.717) is 0 Å². The molecule has 0 fully saturated rings. The first-order chi connectivity index (χ1) is 9.38. The molecule has 1 aromatic carbocycles. The molecule has 0 saturated heterocycles. The van der Waals surface area contributed by atoms with Crippen molar-refractivity contribution in [2.24, 2.45) is 5.14 Å². The number of benzene rings is 1. The minimum absolute atomic E-state index is 0.0261. The molecule has 0 saturated carbocycles. The van der Waals surface area contributed by atoms with Gasteiger partial charge >= 0.3 is 0 Å². The van der Waals surface area contributed by atoms with Crippen molar-refractivity contribution in [3.8, 4) is 0 Å². The van der Waals surface area contributed by atoms with Crippen molar-refractivity contribution < 1.29 is 12.8 Å². The fourth-order valence-electron chi connectivity index (χ4n) is 2.05. The molecule has 2 rings (SSSR count). The van der Waals surface area contributed by atoms with Gasteiger partial charge in [0.2, 0.25) is 10.0 Å². The quantitative estimate of drug-likeness (QED) is 0.886. The molecular formula is C14H18N2O3S. The number of primary sulfonamides is 1. The maximum absolute atomic E-state index is 11.4. The van der Waals surface area contributed by atoms with Crippen molar-refractivity contribution >= 4 is 10.0 Å². The third kappa shape index (κ3) is 3.47. The second-order valence-corrected chi connectivity index (χ2v) is 6.30. The fraction of sp³-hybridized carbons (Fsp3) is 0.286. The lowest BCUT2D eigenvalue weighted by molar-refractivity contribution is 0.402. The lowest BCUT2D eigenvalue weighted by atomic mass is 10.1. The van der Waals surface area contributed by atoms with Gasteiger partial charge in [-0.05, 0) is 43.7 Å². The average molecular weight is 294 g/mol. The summed E-state index contributed by atoms with van der Waals surface area (Å²) in [4.78, 5) is 0.120. The third-order valence-electron chi connectivity index (χ3n) is 3.16. The molecule has 5 nitrogen and oxygen atoms in total. The Morgan fingerprint density at radius 1 is 1.15 bits per heavy atom. The van der Waals surface area contributed by atoms with Crippen molar-refractivity contribution in [1.82, 2.24) is 5.32 Å². The molecule has 20 heavy (non-hydrogen) atoms. The highest BCUT2D eigenvalue weighted by molar-refractivity contribution is 7.89. The first-order valence-electron chi connectivity index (χ1n) is 6.30. The average Bonchev–Trinajstić information content (AvgIpc) is 2.91. The van der Waals surface area contributed by atoms with Crippen LogP contribution in [-0.4, -0.2) is 8.42 Å². The van der Waals surface area contributed by atoms with Crippen LogP contribution in [0.25, 0.3) is 0 Å². The number of rotatable bonds is 5. The molecule has 0 aliphatic carbocycles. The number of hydrogen-bond donors (Lipinski definition) is 2. The normalized spacial score (nSPS) is 14.9. The number of sulfonamides is 1. The van der Waals surface area contributed by atoms with E-state index in [0.717, 1.165) is 11.3 Å². The summed E-state index contributed by atoms with van der Waals surface area (Å²) < 4.78 is 28.0. The number of nitrogens with one attached hydrogen (secondary N) is 1. The van der Waals surface area contributed by atoms with Gasteiger partial charge in [-0.15, -0.1) is 0 Å². The summed E-state index contributed by atoms with van der Waals surface area (Å²) in [5.74, 6) is 0.833. The third-order valence-corrected chi connectivity index (χ3v) is 4.07. The van der Waals surface area contributed by atoms with Crippen molar-refractivity contribution in [2.75, 3.05) is 0 Å². The van der Waals surface area contributed by atoms with E-state index in [9.17, 15) is 8.42 Å². The minimum atomic E-state index is -3.68. The minimum Gasteiger partial charge on any atom is -0.468 e. The van der Waals surface area contributed by atoms with Gasteiger partial charge in [0, 0.05) is 6.04 Å².